The van der Waals surface area contributed by atoms with Crippen LogP contribution < -0.4 is 5.32 Å². The third-order valence-corrected chi connectivity index (χ3v) is 5.38. The maximum absolute atomic E-state index is 12.1. The van der Waals surface area contributed by atoms with E-state index in [2.05, 4.69) is 22.1 Å². The van der Waals surface area contributed by atoms with Crippen LogP contribution in [0.15, 0.2) is 40.6 Å². The Hall–Kier alpha value is -2.02. The second-order valence-corrected chi connectivity index (χ2v) is 7.22. The first-order chi connectivity index (χ1) is 12.3. The molecule has 25 heavy (non-hydrogen) atoms. The Bertz CT molecular complexity index is 690. The number of furan rings is 1. The first kappa shape index (κ1) is 17.8. The van der Waals surface area contributed by atoms with Gasteiger partial charge in [0.15, 0.2) is 10.9 Å². The summed E-state index contributed by atoms with van der Waals surface area (Å²) >= 11 is 1.39. The SMILES string of the molecule is C=CCn1c(SCC(=O)NCC2CCCCC2)nnc1-c1ccco1. The van der Waals surface area contributed by atoms with Gasteiger partial charge in [-0.25, -0.2) is 0 Å². The van der Waals surface area contributed by atoms with Gasteiger partial charge in [-0.2, -0.15) is 0 Å². The third-order valence-electron chi connectivity index (χ3n) is 4.42. The molecule has 0 unspecified atom stereocenters. The molecule has 0 bridgehead atoms. The van der Waals surface area contributed by atoms with Crippen LogP contribution in [-0.2, 0) is 11.3 Å². The molecule has 134 valence electrons. The van der Waals surface area contributed by atoms with Crippen LogP contribution in [0.25, 0.3) is 11.6 Å². The van der Waals surface area contributed by atoms with Gasteiger partial charge >= 0.3 is 0 Å². The molecule has 0 aromatic carbocycles. The van der Waals surface area contributed by atoms with Crippen molar-refractivity contribution in [1.82, 2.24) is 20.1 Å². The lowest BCUT2D eigenvalue weighted by atomic mass is 9.89. The molecule has 2 heterocycles. The van der Waals surface area contributed by atoms with Crippen LogP contribution in [0.2, 0.25) is 0 Å². The van der Waals surface area contributed by atoms with E-state index in [1.165, 1.54) is 43.9 Å². The fraction of sp³-hybridized carbons (Fsp3) is 0.500. The molecule has 7 heteroatoms. The number of thioether (sulfide) groups is 1. The molecule has 2 aromatic heterocycles. The summed E-state index contributed by atoms with van der Waals surface area (Å²) in [4.78, 5) is 12.1. The summed E-state index contributed by atoms with van der Waals surface area (Å²) in [5.74, 6) is 2.32. The molecule has 3 rings (SSSR count). The number of nitrogens with zero attached hydrogens (tertiary/aromatic N) is 3. The van der Waals surface area contributed by atoms with E-state index in [4.69, 9.17) is 4.42 Å². The molecule has 1 aliphatic rings. The number of hydrogen-bond acceptors (Lipinski definition) is 5. The standard InChI is InChI=1S/C18H24N4O2S/c1-2-10-22-17(15-9-6-11-24-15)20-21-18(22)25-13-16(23)19-12-14-7-4-3-5-8-14/h2,6,9,11,14H,1,3-5,7-8,10,12-13H2,(H,19,23). The second kappa shape index (κ2) is 8.89. The number of carbonyl (C=O) groups is 1. The Kier molecular flexibility index (Phi) is 6.33. The van der Waals surface area contributed by atoms with Crippen molar-refractivity contribution < 1.29 is 9.21 Å². The van der Waals surface area contributed by atoms with E-state index in [1.807, 2.05) is 16.7 Å². The molecular formula is C18H24N4O2S. The lowest BCUT2D eigenvalue weighted by molar-refractivity contribution is -0.118. The molecule has 1 aliphatic carbocycles. The van der Waals surface area contributed by atoms with Crippen molar-refractivity contribution in [1.29, 1.82) is 0 Å². The number of amides is 1. The smallest absolute Gasteiger partial charge is 0.230 e. The Labute approximate surface area is 152 Å². The summed E-state index contributed by atoms with van der Waals surface area (Å²) in [6.45, 7) is 5.13. The van der Waals surface area contributed by atoms with Gasteiger partial charge in [-0.3, -0.25) is 9.36 Å². The zero-order chi connectivity index (χ0) is 17.5. The van der Waals surface area contributed by atoms with Crippen molar-refractivity contribution >= 4 is 17.7 Å². The fourth-order valence-corrected chi connectivity index (χ4v) is 3.89. The summed E-state index contributed by atoms with van der Waals surface area (Å²) in [6, 6.07) is 3.66. The van der Waals surface area contributed by atoms with Crippen LogP contribution in [0.4, 0.5) is 0 Å². The van der Waals surface area contributed by atoms with Crippen LogP contribution in [-0.4, -0.2) is 33.0 Å². The average Bonchev–Trinajstić information content (AvgIpc) is 3.29. The number of allylic oxidation sites excluding steroid dienone is 1. The summed E-state index contributed by atoms with van der Waals surface area (Å²) in [6.07, 6.45) is 9.75. The van der Waals surface area contributed by atoms with E-state index in [1.54, 1.807) is 12.3 Å². The predicted molar refractivity (Wildman–Crippen MR) is 98.2 cm³/mol. The lowest BCUT2D eigenvalue weighted by Crippen LogP contribution is -2.31. The number of rotatable bonds is 8. The maximum atomic E-state index is 12.1. The van der Waals surface area contributed by atoms with Crippen molar-refractivity contribution in [3.63, 3.8) is 0 Å². The Morgan fingerprint density at radius 3 is 2.96 bits per heavy atom. The molecular weight excluding hydrogens is 336 g/mol. The zero-order valence-electron chi connectivity index (χ0n) is 14.3. The Morgan fingerprint density at radius 1 is 1.40 bits per heavy atom. The van der Waals surface area contributed by atoms with Gasteiger partial charge in [0.2, 0.25) is 11.7 Å². The monoisotopic (exact) mass is 360 g/mol. The number of aromatic nitrogens is 3. The van der Waals surface area contributed by atoms with Crippen molar-refractivity contribution in [2.45, 2.75) is 43.8 Å². The van der Waals surface area contributed by atoms with Crippen molar-refractivity contribution in [2.75, 3.05) is 12.3 Å². The zero-order valence-corrected chi connectivity index (χ0v) is 15.1. The molecule has 0 radical (unpaired) electrons. The predicted octanol–water partition coefficient (Wildman–Crippen LogP) is 3.51. The number of hydrogen-bond donors (Lipinski definition) is 1. The quantitative estimate of drug-likeness (QED) is 0.576. The van der Waals surface area contributed by atoms with Gasteiger partial charge in [-0.05, 0) is 30.9 Å². The summed E-state index contributed by atoms with van der Waals surface area (Å²) < 4.78 is 7.31. The van der Waals surface area contributed by atoms with Crippen LogP contribution in [0, 0.1) is 5.92 Å². The summed E-state index contributed by atoms with van der Waals surface area (Å²) in [5, 5.41) is 12.1. The molecule has 1 amide bonds. The number of nitrogens with one attached hydrogen (secondary N) is 1. The van der Waals surface area contributed by atoms with E-state index in [9.17, 15) is 4.79 Å². The van der Waals surface area contributed by atoms with Gasteiger partial charge in [0.25, 0.3) is 0 Å². The highest BCUT2D eigenvalue weighted by Gasteiger charge is 2.17. The highest BCUT2D eigenvalue weighted by molar-refractivity contribution is 7.99. The molecule has 0 saturated heterocycles. The summed E-state index contributed by atoms with van der Waals surface area (Å²) in [7, 11) is 0. The highest BCUT2D eigenvalue weighted by atomic mass is 32.2. The molecule has 1 saturated carbocycles. The molecule has 1 N–H and O–H groups in total. The second-order valence-electron chi connectivity index (χ2n) is 6.28. The molecule has 6 nitrogen and oxygen atoms in total. The maximum Gasteiger partial charge on any atom is 0.230 e. The summed E-state index contributed by atoms with van der Waals surface area (Å²) in [5.41, 5.74) is 0. The minimum Gasteiger partial charge on any atom is -0.461 e. The average molecular weight is 360 g/mol. The third kappa shape index (κ3) is 4.75. The van der Waals surface area contributed by atoms with Gasteiger partial charge in [0.05, 0.1) is 12.0 Å². The Morgan fingerprint density at radius 2 is 2.24 bits per heavy atom. The number of carbonyl (C=O) groups excluding carboxylic acids is 1. The first-order valence-electron chi connectivity index (χ1n) is 8.75. The van der Waals surface area contributed by atoms with Gasteiger partial charge in [-0.15, -0.1) is 16.8 Å². The van der Waals surface area contributed by atoms with Crippen molar-refractivity contribution in [3.05, 3.63) is 31.1 Å². The van der Waals surface area contributed by atoms with Crippen LogP contribution in [0.3, 0.4) is 0 Å². The largest absolute Gasteiger partial charge is 0.461 e. The normalized spacial score (nSPS) is 15.2. The highest BCUT2D eigenvalue weighted by Crippen LogP contribution is 2.25. The van der Waals surface area contributed by atoms with Gasteiger partial charge < -0.3 is 9.73 Å². The van der Waals surface area contributed by atoms with Crippen molar-refractivity contribution in [3.8, 4) is 11.6 Å². The Balaban J connectivity index is 1.55. The van der Waals surface area contributed by atoms with E-state index < -0.39 is 0 Å². The van der Waals surface area contributed by atoms with Gasteiger partial charge in [0, 0.05) is 13.1 Å². The van der Waals surface area contributed by atoms with Gasteiger partial charge in [-0.1, -0.05) is 37.1 Å². The molecule has 0 aliphatic heterocycles. The minimum atomic E-state index is 0.0447. The van der Waals surface area contributed by atoms with Crippen LogP contribution in [0.5, 0.6) is 0 Å². The fourth-order valence-electron chi connectivity index (χ4n) is 3.11. The van der Waals surface area contributed by atoms with E-state index >= 15 is 0 Å². The van der Waals surface area contributed by atoms with Crippen LogP contribution in [0.1, 0.15) is 32.1 Å². The minimum absolute atomic E-state index is 0.0447. The van der Waals surface area contributed by atoms with Crippen molar-refractivity contribution in [2.24, 2.45) is 5.92 Å². The molecule has 2 aromatic rings. The molecule has 1 fully saturated rings. The topological polar surface area (TPSA) is 73.0 Å². The van der Waals surface area contributed by atoms with Crippen LogP contribution >= 0.6 is 11.8 Å². The molecule has 0 spiro atoms. The lowest BCUT2D eigenvalue weighted by Gasteiger charge is -2.21. The van der Waals surface area contributed by atoms with E-state index in [0.29, 0.717) is 35.0 Å². The van der Waals surface area contributed by atoms with E-state index in [0.717, 1.165) is 6.54 Å². The van der Waals surface area contributed by atoms with E-state index in [-0.39, 0.29) is 5.91 Å². The first-order valence-corrected chi connectivity index (χ1v) is 9.74. The molecule has 0 atom stereocenters. The van der Waals surface area contributed by atoms with Gasteiger partial charge in [0.1, 0.15) is 0 Å².